The Labute approximate surface area is 515 Å². The summed E-state index contributed by atoms with van der Waals surface area (Å²) in [6.07, 6.45) is 71.5. The molecule has 85 heavy (non-hydrogen) atoms. The van der Waals surface area contributed by atoms with Crippen LogP contribution in [0.4, 0.5) is 0 Å². The van der Waals surface area contributed by atoms with E-state index in [1.165, 1.54) is 96.3 Å². The van der Waals surface area contributed by atoms with Crippen molar-refractivity contribution >= 4 is 23.9 Å². The van der Waals surface area contributed by atoms with Gasteiger partial charge in [0.25, 0.3) is 0 Å². The first-order valence-electron chi connectivity index (χ1n) is 33.2. The van der Waals surface area contributed by atoms with Crippen LogP contribution in [0.2, 0.25) is 0 Å². The van der Waals surface area contributed by atoms with E-state index >= 15 is 0 Å². The Morgan fingerprint density at radius 2 is 0.765 bits per heavy atom. The zero-order valence-corrected chi connectivity index (χ0v) is 53.1. The zero-order valence-electron chi connectivity index (χ0n) is 53.1. The van der Waals surface area contributed by atoms with Gasteiger partial charge in [0.05, 0.1) is 6.61 Å². The number of carboxylic acid groups (broad SMARTS) is 1. The van der Waals surface area contributed by atoms with E-state index < -0.39 is 67.3 Å². The van der Waals surface area contributed by atoms with Gasteiger partial charge in [0.1, 0.15) is 18.8 Å². The smallest absolute Gasteiger partial charge is 0.335 e. The maximum Gasteiger partial charge on any atom is 0.335 e. The van der Waals surface area contributed by atoms with Crippen molar-refractivity contribution in [3.63, 3.8) is 0 Å². The number of hydrogen-bond donors (Lipinski definition) is 3. The average Bonchev–Trinajstić information content (AvgIpc) is 2.79. The molecule has 3 N–H and O–H groups in total. The van der Waals surface area contributed by atoms with Crippen LogP contribution in [0.3, 0.4) is 0 Å². The van der Waals surface area contributed by atoms with Gasteiger partial charge in [0, 0.05) is 19.3 Å². The number of carbonyl (C=O) groups is 4. The molecule has 480 valence electrons. The van der Waals surface area contributed by atoms with Crippen LogP contribution in [0.5, 0.6) is 0 Å². The largest absolute Gasteiger partial charge is 0.479 e. The maximum absolute atomic E-state index is 13.2. The summed E-state index contributed by atoms with van der Waals surface area (Å²) < 4.78 is 28.4. The first kappa shape index (κ1) is 77.9. The van der Waals surface area contributed by atoms with Crippen LogP contribution < -0.4 is 0 Å². The van der Waals surface area contributed by atoms with E-state index in [0.717, 1.165) is 83.5 Å². The highest BCUT2D eigenvalue weighted by atomic mass is 16.7. The molecule has 0 aliphatic carbocycles. The van der Waals surface area contributed by atoms with Crippen molar-refractivity contribution in [2.45, 2.75) is 289 Å². The molecule has 0 aromatic heterocycles. The quantitative estimate of drug-likeness (QED) is 0.0228. The molecule has 0 aromatic rings. The average molecular weight is 1190 g/mol. The van der Waals surface area contributed by atoms with Crippen molar-refractivity contribution in [2.75, 3.05) is 13.2 Å². The van der Waals surface area contributed by atoms with Crippen LogP contribution >= 0.6 is 0 Å². The van der Waals surface area contributed by atoms with E-state index in [2.05, 4.69) is 124 Å². The number of allylic oxidation sites excluding steroid dienone is 22. The Hall–Kier alpha value is -5.14. The number of unbranched alkanes of at least 4 members (excludes halogenated alkanes) is 19. The highest BCUT2D eigenvalue weighted by Crippen LogP contribution is 2.26. The molecular weight excluding hydrogens is 1070 g/mol. The number of aliphatic hydroxyl groups is 2. The van der Waals surface area contributed by atoms with Gasteiger partial charge in [0.2, 0.25) is 0 Å². The molecule has 1 fully saturated rings. The highest BCUT2D eigenvalue weighted by Gasteiger charge is 2.50. The normalized spacial score (nSPS) is 18.3. The molecule has 0 aromatic carbocycles. The fraction of sp³-hybridized carbons (Fsp3) is 0.644. The Bertz CT molecular complexity index is 1990. The zero-order chi connectivity index (χ0) is 61.7. The SMILES string of the molecule is CC/C=C\C/C=C\C/C=C\C/C=C\C/C=C\C/C=C\CCC(=O)OC1C(OCC(COC(=O)CCCCCCCCCCCCCCCCCCCCC)OC(=O)CCC/C=C\C/C=C\C/C=C\C/C=C\C/C=C\CC)OC(C(=O)O)C(O)C1O. The van der Waals surface area contributed by atoms with Crippen LogP contribution in [0.1, 0.15) is 252 Å². The van der Waals surface area contributed by atoms with Crippen LogP contribution in [0, 0.1) is 0 Å². The summed E-state index contributed by atoms with van der Waals surface area (Å²) in [4.78, 5) is 51.3. The second-order valence-electron chi connectivity index (χ2n) is 22.0. The van der Waals surface area contributed by atoms with E-state index in [1.807, 2.05) is 30.4 Å². The summed E-state index contributed by atoms with van der Waals surface area (Å²) in [6, 6.07) is 0. The molecular formula is C73H116O12. The van der Waals surface area contributed by atoms with Crippen molar-refractivity contribution in [1.82, 2.24) is 0 Å². The number of aliphatic hydroxyl groups excluding tert-OH is 2. The molecule has 12 nitrogen and oxygen atoms in total. The first-order chi connectivity index (χ1) is 41.6. The lowest BCUT2D eigenvalue weighted by molar-refractivity contribution is -0.301. The summed E-state index contributed by atoms with van der Waals surface area (Å²) in [6.45, 7) is 5.71. The summed E-state index contributed by atoms with van der Waals surface area (Å²) in [5.41, 5.74) is 0. The monoisotopic (exact) mass is 1180 g/mol. The maximum atomic E-state index is 13.2. The minimum Gasteiger partial charge on any atom is -0.479 e. The van der Waals surface area contributed by atoms with Crippen molar-refractivity contribution in [2.24, 2.45) is 0 Å². The van der Waals surface area contributed by atoms with Gasteiger partial charge in [-0.2, -0.15) is 0 Å². The third-order valence-corrected chi connectivity index (χ3v) is 14.2. The van der Waals surface area contributed by atoms with Gasteiger partial charge in [-0.15, -0.1) is 0 Å². The number of hydrogen-bond acceptors (Lipinski definition) is 11. The molecule has 0 saturated carbocycles. The van der Waals surface area contributed by atoms with Crippen molar-refractivity contribution in [3.05, 3.63) is 134 Å². The van der Waals surface area contributed by atoms with Crippen LogP contribution in [0.15, 0.2) is 134 Å². The van der Waals surface area contributed by atoms with Gasteiger partial charge in [-0.3, -0.25) is 14.4 Å². The standard InChI is InChI=1S/C73H116O12/c1-4-7-10-13-16-19-22-25-28-31-33-36-38-41-44-47-50-53-56-59-65(74)81-62-64(83-66(75)60-57-54-51-48-45-42-39-35-30-27-24-21-18-15-12-9-6-3)63-82-73-71(69(78)68(77)70(85-73)72(79)80)84-67(76)61-58-55-52-49-46-43-40-37-34-32-29-26-23-20-17-14-11-8-5-2/h8-9,11-12,17-18,20-21,26-27,29-30,34,37,39,42-43,46,48,51-52,55,64,68-71,73,77-78H,4-7,10,13-16,19,22-25,28,31-33,35-36,38,40-41,44-45,47,49-50,53-54,56-63H2,1-3H3,(H,79,80)/b11-8-,12-9-,20-17-,21-18-,29-26-,30-27-,37-34-,42-39-,46-43-,51-48-,55-52-. The topological polar surface area (TPSA) is 175 Å². The summed E-state index contributed by atoms with van der Waals surface area (Å²) in [5.74, 6) is -3.32. The molecule has 0 amide bonds. The molecule has 1 heterocycles. The molecule has 6 atom stereocenters. The van der Waals surface area contributed by atoms with Gasteiger partial charge in [0.15, 0.2) is 24.6 Å². The molecule has 12 heteroatoms. The van der Waals surface area contributed by atoms with Gasteiger partial charge >= 0.3 is 23.9 Å². The number of rotatable bonds is 55. The van der Waals surface area contributed by atoms with Crippen LogP contribution in [0.25, 0.3) is 0 Å². The molecule has 1 aliphatic rings. The first-order valence-corrected chi connectivity index (χ1v) is 33.2. The minimum absolute atomic E-state index is 0.0705. The number of ether oxygens (including phenoxy) is 5. The second-order valence-corrected chi connectivity index (χ2v) is 22.0. The Morgan fingerprint density at radius 3 is 1.16 bits per heavy atom. The number of aliphatic carboxylic acids is 1. The van der Waals surface area contributed by atoms with Crippen LogP contribution in [-0.4, -0.2) is 89.2 Å². The Kier molecular flexibility index (Phi) is 54.2. The fourth-order valence-corrected chi connectivity index (χ4v) is 9.25. The lowest BCUT2D eigenvalue weighted by Crippen LogP contribution is -2.61. The minimum atomic E-state index is -1.94. The highest BCUT2D eigenvalue weighted by molar-refractivity contribution is 5.74. The predicted molar refractivity (Wildman–Crippen MR) is 349 cm³/mol. The molecule has 6 unspecified atom stereocenters. The molecule has 0 spiro atoms. The lowest BCUT2D eigenvalue weighted by atomic mass is 9.98. The summed E-state index contributed by atoms with van der Waals surface area (Å²) in [5, 5.41) is 31.6. The van der Waals surface area contributed by atoms with E-state index in [1.54, 1.807) is 0 Å². The van der Waals surface area contributed by atoms with Gasteiger partial charge in [-0.25, -0.2) is 4.79 Å². The van der Waals surface area contributed by atoms with Crippen molar-refractivity contribution < 1.29 is 58.2 Å². The predicted octanol–water partition coefficient (Wildman–Crippen LogP) is 18.1. The van der Waals surface area contributed by atoms with E-state index in [0.29, 0.717) is 32.1 Å². The lowest BCUT2D eigenvalue weighted by Gasteiger charge is -2.40. The van der Waals surface area contributed by atoms with Crippen molar-refractivity contribution in [3.8, 4) is 0 Å². The summed E-state index contributed by atoms with van der Waals surface area (Å²) in [7, 11) is 0. The third kappa shape index (κ3) is 48.6. The summed E-state index contributed by atoms with van der Waals surface area (Å²) >= 11 is 0. The second kappa shape index (κ2) is 59.2. The number of carboxylic acids is 1. The molecule has 1 aliphatic heterocycles. The Balaban J connectivity index is 2.73. The van der Waals surface area contributed by atoms with E-state index in [4.69, 9.17) is 23.7 Å². The van der Waals surface area contributed by atoms with Gasteiger partial charge < -0.3 is 39.0 Å². The molecule has 1 rings (SSSR count). The van der Waals surface area contributed by atoms with Gasteiger partial charge in [-0.1, -0.05) is 270 Å². The van der Waals surface area contributed by atoms with Crippen LogP contribution in [-0.2, 0) is 42.9 Å². The molecule has 0 bridgehead atoms. The van der Waals surface area contributed by atoms with Gasteiger partial charge in [-0.05, 0) is 96.3 Å². The van der Waals surface area contributed by atoms with Crippen molar-refractivity contribution in [1.29, 1.82) is 0 Å². The Morgan fingerprint density at radius 1 is 0.400 bits per heavy atom. The number of esters is 3. The molecule has 0 radical (unpaired) electrons. The third-order valence-electron chi connectivity index (χ3n) is 14.2. The molecule has 1 saturated heterocycles. The number of carbonyl (C=O) groups excluding carboxylic acids is 3. The van der Waals surface area contributed by atoms with E-state index in [9.17, 15) is 34.5 Å². The fourth-order valence-electron chi connectivity index (χ4n) is 9.25. The van der Waals surface area contributed by atoms with E-state index in [-0.39, 0.29) is 25.9 Å².